The van der Waals surface area contributed by atoms with Gasteiger partial charge in [-0.15, -0.1) is 11.6 Å². The molecule has 0 unspecified atom stereocenters. The second-order valence-electron chi connectivity index (χ2n) is 3.81. The van der Waals surface area contributed by atoms with Gasteiger partial charge in [0.2, 0.25) is 0 Å². The lowest BCUT2D eigenvalue weighted by molar-refractivity contribution is 0.0786. The summed E-state index contributed by atoms with van der Waals surface area (Å²) in [6.07, 6.45) is 4.64. The molecule has 0 spiro atoms. The van der Waals surface area contributed by atoms with Crippen LogP contribution in [-0.4, -0.2) is 35.3 Å². The number of aromatic nitrogens is 1. The van der Waals surface area contributed by atoms with Gasteiger partial charge in [0.05, 0.1) is 0 Å². The molecular formula is C12H16BrClN2O. The largest absolute Gasteiger partial charge is 0.340 e. The molecule has 3 nitrogen and oxygen atoms in total. The number of rotatable bonds is 6. The van der Waals surface area contributed by atoms with Crippen molar-refractivity contribution < 1.29 is 4.79 Å². The second-order valence-corrected chi connectivity index (χ2v) is 5.04. The highest BCUT2D eigenvalue weighted by Gasteiger charge is 2.15. The minimum atomic E-state index is -0.0525. The molecule has 0 fully saturated rings. The van der Waals surface area contributed by atoms with Crippen molar-refractivity contribution in [1.82, 2.24) is 9.88 Å². The molecule has 1 rings (SSSR count). The minimum Gasteiger partial charge on any atom is -0.340 e. The fraction of sp³-hybridized carbons (Fsp3) is 0.500. The van der Waals surface area contributed by atoms with Crippen LogP contribution in [0.5, 0.6) is 0 Å². The Kier molecular flexibility index (Phi) is 6.52. The first-order chi connectivity index (χ1) is 8.16. The molecule has 0 aliphatic carbocycles. The average molecular weight is 320 g/mol. The average Bonchev–Trinajstić information content (AvgIpc) is 2.34. The molecule has 5 heteroatoms. The number of halogens is 2. The van der Waals surface area contributed by atoms with Gasteiger partial charge in [-0.3, -0.25) is 4.79 Å². The molecule has 1 heterocycles. The van der Waals surface area contributed by atoms with Crippen molar-refractivity contribution in [3.8, 4) is 0 Å². The fourth-order valence-corrected chi connectivity index (χ4v) is 2.06. The van der Waals surface area contributed by atoms with Crippen molar-refractivity contribution in [2.75, 3.05) is 19.5 Å². The molecule has 0 aliphatic heterocycles. The number of amides is 1. The third-order valence-corrected chi connectivity index (χ3v) is 3.34. The Balaban J connectivity index is 2.49. The van der Waals surface area contributed by atoms with Crippen LogP contribution in [0, 0.1) is 0 Å². The zero-order valence-corrected chi connectivity index (χ0v) is 12.2. The molecule has 0 N–H and O–H groups in total. The Morgan fingerprint density at radius 1 is 1.47 bits per heavy atom. The molecule has 1 amide bonds. The van der Waals surface area contributed by atoms with Crippen LogP contribution >= 0.6 is 27.5 Å². The number of carbonyl (C=O) groups excluding carboxylic acids is 1. The molecule has 0 saturated heterocycles. The van der Waals surface area contributed by atoms with E-state index in [1.54, 1.807) is 24.2 Å². The third kappa shape index (κ3) is 4.64. The first-order valence-corrected chi connectivity index (χ1v) is 6.91. The standard InChI is InChI=1S/C12H16BrClN2O/c1-16(9-4-2-3-7-14)12(17)11-10(13)6-5-8-15-11/h5-6,8H,2-4,7,9H2,1H3. The Morgan fingerprint density at radius 2 is 2.24 bits per heavy atom. The number of pyridine rings is 1. The summed E-state index contributed by atoms with van der Waals surface area (Å²) < 4.78 is 0.734. The van der Waals surface area contributed by atoms with E-state index in [-0.39, 0.29) is 5.91 Å². The topological polar surface area (TPSA) is 33.2 Å². The molecule has 0 saturated carbocycles. The van der Waals surface area contributed by atoms with Gasteiger partial charge < -0.3 is 4.90 Å². The summed E-state index contributed by atoms with van der Waals surface area (Å²) in [6, 6.07) is 3.61. The number of hydrogen-bond acceptors (Lipinski definition) is 2. The second kappa shape index (κ2) is 7.67. The summed E-state index contributed by atoms with van der Waals surface area (Å²) in [5.74, 6) is 0.632. The zero-order valence-electron chi connectivity index (χ0n) is 9.83. The Labute approximate surface area is 115 Å². The highest BCUT2D eigenvalue weighted by Crippen LogP contribution is 2.15. The van der Waals surface area contributed by atoms with Crippen LogP contribution in [0.15, 0.2) is 22.8 Å². The molecule has 1 aromatic heterocycles. The van der Waals surface area contributed by atoms with Crippen LogP contribution in [0.1, 0.15) is 29.8 Å². The smallest absolute Gasteiger partial charge is 0.273 e. The zero-order chi connectivity index (χ0) is 12.7. The van der Waals surface area contributed by atoms with Crippen LogP contribution in [0.4, 0.5) is 0 Å². The predicted molar refractivity (Wildman–Crippen MR) is 73.5 cm³/mol. The van der Waals surface area contributed by atoms with Gasteiger partial charge in [0.25, 0.3) is 5.91 Å². The molecule has 94 valence electrons. The van der Waals surface area contributed by atoms with E-state index < -0.39 is 0 Å². The lowest BCUT2D eigenvalue weighted by Gasteiger charge is -2.16. The van der Waals surface area contributed by atoms with Crippen LogP contribution in [-0.2, 0) is 0 Å². The normalized spacial score (nSPS) is 10.3. The maximum Gasteiger partial charge on any atom is 0.273 e. The van der Waals surface area contributed by atoms with Crippen LogP contribution < -0.4 is 0 Å². The maximum absolute atomic E-state index is 12.0. The molecule has 0 aromatic carbocycles. The van der Waals surface area contributed by atoms with Crippen molar-refractivity contribution in [1.29, 1.82) is 0 Å². The lowest BCUT2D eigenvalue weighted by atomic mass is 10.2. The van der Waals surface area contributed by atoms with E-state index in [4.69, 9.17) is 11.6 Å². The molecule has 17 heavy (non-hydrogen) atoms. The van der Waals surface area contributed by atoms with Crippen LogP contribution in [0.2, 0.25) is 0 Å². The number of hydrogen-bond donors (Lipinski definition) is 0. The van der Waals surface area contributed by atoms with Crippen LogP contribution in [0.25, 0.3) is 0 Å². The van der Waals surface area contributed by atoms with Crippen molar-refractivity contribution in [2.24, 2.45) is 0 Å². The maximum atomic E-state index is 12.0. The van der Waals surface area contributed by atoms with Gasteiger partial charge in [0.15, 0.2) is 0 Å². The Hall–Kier alpha value is -0.610. The van der Waals surface area contributed by atoms with E-state index in [0.717, 1.165) is 30.3 Å². The third-order valence-electron chi connectivity index (χ3n) is 2.43. The van der Waals surface area contributed by atoms with Crippen molar-refractivity contribution >= 4 is 33.4 Å². The van der Waals surface area contributed by atoms with E-state index in [9.17, 15) is 4.79 Å². The number of nitrogens with zero attached hydrogens (tertiary/aromatic N) is 2. The van der Waals surface area contributed by atoms with Gasteiger partial charge in [-0.1, -0.05) is 6.42 Å². The molecular weight excluding hydrogens is 304 g/mol. The van der Waals surface area contributed by atoms with Gasteiger partial charge in [-0.2, -0.15) is 0 Å². The van der Waals surface area contributed by atoms with Gasteiger partial charge in [0, 0.05) is 30.1 Å². The summed E-state index contributed by atoms with van der Waals surface area (Å²) in [6.45, 7) is 0.735. The quantitative estimate of drug-likeness (QED) is 0.595. The molecule has 0 atom stereocenters. The molecule has 0 radical (unpaired) electrons. The fourth-order valence-electron chi connectivity index (χ4n) is 1.45. The SMILES string of the molecule is CN(CCCCCCl)C(=O)c1ncccc1Br. The highest BCUT2D eigenvalue weighted by molar-refractivity contribution is 9.10. The highest BCUT2D eigenvalue weighted by atomic mass is 79.9. The monoisotopic (exact) mass is 318 g/mol. The van der Waals surface area contributed by atoms with E-state index in [1.807, 2.05) is 6.07 Å². The van der Waals surface area contributed by atoms with Gasteiger partial charge in [-0.05, 0) is 40.9 Å². The van der Waals surface area contributed by atoms with Gasteiger partial charge >= 0.3 is 0 Å². The summed E-state index contributed by atoms with van der Waals surface area (Å²) in [7, 11) is 1.80. The van der Waals surface area contributed by atoms with Crippen molar-refractivity contribution in [2.45, 2.75) is 19.3 Å². The van der Waals surface area contributed by atoms with E-state index >= 15 is 0 Å². The van der Waals surface area contributed by atoms with Crippen molar-refractivity contribution in [3.05, 3.63) is 28.5 Å². The van der Waals surface area contributed by atoms with E-state index in [2.05, 4.69) is 20.9 Å². The van der Waals surface area contributed by atoms with Crippen LogP contribution in [0.3, 0.4) is 0 Å². The first kappa shape index (κ1) is 14.5. The number of carbonyl (C=O) groups is 1. The van der Waals surface area contributed by atoms with Crippen molar-refractivity contribution in [3.63, 3.8) is 0 Å². The number of alkyl halides is 1. The molecule has 1 aromatic rings. The Bertz CT molecular complexity index is 373. The van der Waals surface area contributed by atoms with Gasteiger partial charge in [-0.25, -0.2) is 4.98 Å². The molecule has 0 bridgehead atoms. The molecule has 0 aliphatic rings. The predicted octanol–water partition coefficient (Wildman–Crippen LogP) is 3.33. The van der Waals surface area contributed by atoms with E-state index in [1.165, 1.54) is 0 Å². The van der Waals surface area contributed by atoms with E-state index in [0.29, 0.717) is 11.6 Å². The summed E-state index contributed by atoms with van der Waals surface area (Å²) in [4.78, 5) is 17.8. The number of unbranched alkanes of at least 4 members (excludes halogenated alkanes) is 2. The summed E-state index contributed by atoms with van der Waals surface area (Å²) in [5, 5.41) is 0. The lowest BCUT2D eigenvalue weighted by Crippen LogP contribution is -2.28. The first-order valence-electron chi connectivity index (χ1n) is 5.58. The van der Waals surface area contributed by atoms with Gasteiger partial charge in [0.1, 0.15) is 5.69 Å². The summed E-state index contributed by atoms with van der Waals surface area (Å²) >= 11 is 8.93. The Morgan fingerprint density at radius 3 is 2.88 bits per heavy atom. The summed E-state index contributed by atoms with van der Waals surface area (Å²) in [5.41, 5.74) is 0.465. The minimum absolute atomic E-state index is 0.0525.